The van der Waals surface area contributed by atoms with Gasteiger partial charge >= 0.3 is 0 Å². The molecule has 2 aromatic rings. The molecular formula is C31H46N2O4. The van der Waals surface area contributed by atoms with Crippen LogP contribution in [0.4, 0.5) is 5.69 Å². The van der Waals surface area contributed by atoms with Gasteiger partial charge in [-0.2, -0.15) is 0 Å². The third-order valence-electron chi connectivity index (χ3n) is 8.67. The quantitative estimate of drug-likeness (QED) is 0.309. The van der Waals surface area contributed by atoms with Gasteiger partial charge in [0.2, 0.25) is 10.9 Å². The molecule has 0 amide bonds. The summed E-state index contributed by atoms with van der Waals surface area (Å²) in [5.41, 5.74) is 8.37. The van der Waals surface area contributed by atoms with E-state index < -0.39 is 0 Å². The first-order chi connectivity index (χ1) is 18.0. The Morgan fingerprint density at radius 1 is 1.00 bits per heavy atom. The van der Waals surface area contributed by atoms with E-state index in [2.05, 4.69) is 36.1 Å². The SMILES string of the molecule is COCCCOC(c1ccccc1)C1CCCN(c2c(C[C@@H](CC3CCCCC3)[C@@H](C)N)c(=O)c2=O)C1. The van der Waals surface area contributed by atoms with Crippen LogP contribution in [0.5, 0.6) is 0 Å². The fourth-order valence-electron chi connectivity index (χ4n) is 6.57. The van der Waals surface area contributed by atoms with Gasteiger partial charge in [0.25, 0.3) is 0 Å². The van der Waals surface area contributed by atoms with Crippen LogP contribution in [0.25, 0.3) is 0 Å². The molecule has 1 saturated carbocycles. The predicted octanol–water partition coefficient (Wildman–Crippen LogP) is 4.77. The maximum Gasteiger partial charge on any atom is 0.249 e. The van der Waals surface area contributed by atoms with Crippen molar-refractivity contribution < 1.29 is 9.47 Å². The zero-order valence-electron chi connectivity index (χ0n) is 22.8. The highest BCUT2D eigenvalue weighted by Crippen LogP contribution is 2.36. The van der Waals surface area contributed by atoms with Gasteiger partial charge in [-0.05, 0) is 56.4 Å². The molecule has 0 bridgehead atoms. The van der Waals surface area contributed by atoms with Gasteiger partial charge in [0.15, 0.2) is 0 Å². The number of ether oxygens (including phenoxy) is 2. The molecule has 0 aromatic heterocycles. The topological polar surface area (TPSA) is 81.9 Å². The molecule has 6 heteroatoms. The van der Waals surface area contributed by atoms with Crippen LogP contribution in [0.1, 0.15) is 81.9 Å². The predicted molar refractivity (Wildman–Crippen MR) is 150 cm³/mol. The van der Waals surface area contributed by atoms with Crippen LogP contribution in [-0.4, -0.2) is 39.5 Å². The Morgan fingerprint density at radius 2 is 1.76 bits per heavy atom. The minimum absolute atomic E-state index is 0.0104. The Kier molecular flexibility index (Phi) is 10.4. The first-order valence-electron chi connectivity index (χ1n) is 14.5. The summed E-state index contributed by atoms with van der Waals surface area (Å²) < 4.78 is 11.6. The average Bonchev–Trinajstić information content (AvgIpc) is 2.93. The van der Waals surface area contributed by atoms with E-state index in [-0.39, 0.29) is 34.8 Å². The molecule has 204 valence electrons. The number of anilines is 1. The van der Waals surface area contributed by atoms with Gasteiger partial charge in [0, 0.05) is 50.9 Å². The molecule has 37 heavy (non-hydrogen) atoms. The second kappa shape index (κ2) is 13.7. The Hall–Kier alpha value is -2.02. The molecule has 1 saturated heterocycles. The van der Waals surface area contributed by atoms with E-state index in [1.165, 1.54) is 37.7 Å². The number of hydrogen-bond donors (Lipinski definition) is 1. The summed E-state index contributed by atoms with van der Waals surface area (Å²) >= 11 is 0. The molecule has 1 aliphatic heterocycles. The summed E-state index contributed by atoms with van der Waals surface area (Å²) in [5, 5.41) is 0. The second-order valence-corrected chi connectivity index (χ2v) is 11.4. The molecule has 1 aliphatic carbocycles. The zero-order valence-corrected chi connectivity index (χ0v) is 22.8. The van der Waals surface area contributed by atoms with Crippen LogP contribution in [0.15, 0.2) is 39.9 Å². The molecule has 0 radical (unpaired) electrons. The van der Waals surface area contributed by atoms with Gasteiger partial charge in [-0.25, -0.2) is 0 Å². The molecule has 4 rings (SSSR count). The lowest BCUT2D eigenvalue weighted by atomic mass is 9.78. The van der Waals surface area contributed by atoms with Gasteiger partial charge in [0.05, 0.1) is 11.8 Å². The number of hydrogen-bond acceptors (Lipinski definition) is 6. The molecule has 1 heterocycles. The standard InChI is InChI=1S/C31H46N2O4/c1-22(32)26(19-23-11-5-3-6-12-23)20-27-28(30(35)29(27)34)33-16-9-15-25(21-33)31(37-18-10-17-36-2)24-13-7-4-8-14-24/h4,7-8,13-14,22-23,25-26,31H,3,5-6,9-12,15-21,32H2,1-2H3/t22-,25?,26-,31?/m1/s1. The van der Waals surface area contributed by atoms with E-state index in [4.69, 9.17) is 15.2 Å². The van der Waals surface area contributed by atoms with Crippen molar-refractivity contribution in [1.29, 1.82) is 0 Å². The normalized spacial score (nSPS) is 21.7. The number of piperidine rings is 1. The Labute approximate surface area is 222 Å². The van der Waals surface area contributed by atoms with Gasteiger partial charge < -0.3 is 20.1 Å². The Morgan fingerprint density at radius 3 is 2.46 bits per heavy atom. The van der Waals surface area contributed by atoms with Crippen LogP contribution < -0.4 is 21.5 Å². The van der Waals surface area contributed by atoms with Crippen LogP contribution in [-0.2, 0) is 15.9 Å². The van der Waals surface area contributed by atoms with Crippen LogP contribution in [0.2, 0.25) is 0 Å². The number of rotatable bonds is 13. The number of nitrogens with zero attached hydrogens (tertiary/aromatic N) is 1. The van der Waals surface area contributed by atoms with E-state index >= 15 is 0 Å². The molecule has 2 N–H and O–H groups in total. The molecule has 2 aliphatic rings. The molecule has 2 unspecified atom stereocenters. The molecule has 6 nitrogen and oxygen atoms in total. The van der Waals surface area contributed by atoms with E-state index in [0.29, 0.717) is 31.2 Å². The second-order valence-electron chi connectivity index (χ2n) is 11.4. The molecule has 2 aromatic carbocycles. The minimum atomic E-state index is -0.311. The first kappa shape index (κ1) is 28.0. The number of methoxy groups -OCH3 is 1. The largest absolute Gasteiger partial charge is 0.385 e. The van der Waals surface area contributed by atoms with Crippen molar-refractivity contribution in [3.63, 3.8) is 0 Å². The van der Waals surface area contributed by atoms with Crippen LogP contribution in [0.3, 0.4) is 0 Å². The Balaban J connectivity index is 1.48. The first-order valence-corrected chi connectivity index (χ1v) is 14.5. The molecule has 0 spiro atoms. The van der Waals surface area contributed by atoms with Crippen molar-refractivity contribution in [2.75, 3.05) is 38.3 Å². The Bertz CT molecular complexity index is 1020. The highest BCUT2D eigenvalue weighted by Gasteiger charge is 2.35. The number of benzene rings is 1. The van der Waals surface area contributed by atoms with Crippen molar-refractivity contribution in [3.05, 3.63) is 61.9 Å². The smallest absolute Gasteiger partial charge is 0.249 e. The summed E-state index contributed by atoms with van der Waals surface area (Å²) in [5.74, 6) is 1.19. The lowest BCUT2D eigenvalue weighted by Crippen LogP contribution is -2.49. The summed E-state index contributed by atoms with van der Waals surface area (Å²) in [6.45, 7) is 4.90. The monoisotopic (exact) mass is 510 g/mol. The summed E-state index contributed by atoms with van der Waals surface area (Å²) in [6, 6.07) is 10.4. The van der Waals surface area contributed by atoms with Crippen molar-refractivity contribution in [2.24, 2.45) is 23.5 Å². The minimum Gasteiger partial charge on any atom is -0.385 e. The van der Waals surface area contributed by atoms with Gasteiger partial charge in [-0.3, -0.25) is 9.59 Å². The van der Waals surface area contributed by atoms with Crippen LogP contribution >= 0.6 is 0 Å². The molecule has 2 fully saturated rings. The number of nitrogens with two attached hydrogens (primary N) is 1. The highest BCUT2D eigenvalue weighted by molar-refractivity contribution is 5.59. The van der Waals surface area contributed by atoms with Crippen molar-refractivity contribution >= 4 is 5.69 Å². The fraction of sp³-hybridized carbons (Fsp3) is 0.677. The zero-order chi connectivity index (χ0) is 26.2. The summed E-state index contributed by atoms with van der Waals surface area (Å²) in [7, 11) is 1.71. The van der Waals surface area contributed by atoms with E-state index in [1.807, 2.05) is 6.07 Å². The van der Waals surface area contributed by atoms with E-state index in [0.717, 1.165) is 44.3 Å². The van der Waals surface area contributed by atoms with Crippen molar-refractivity contribution in [2.45, 2.75) is 83.3 Å². The third-order valence-corrected chi connectivity index (χ3v) is 8.67. The lowest BCUT2D eigenvalue weighted by Gasteiger charge is -2.39. The molecular weight excluding hydrogens is 464 g/mol. The fourth-order valence-corrected chi connectivity index (χ4v) is 6.57. The van der Waals surface area contributed by atoms with Crippen molar-refractivity contribution in [1.82, 2.24) is 0 Å². The van der Waals surface area contributed by atoms with E-state index in [9.17, 15) is 9.59 Å². The highest BCUT2D eigenvalue weighted by atomic mass is 16.5. The van der Waals surface area contributed by atoms with E-state index in [1.54, 1.807) is 7.11 Å². The molecule has 4 atom stereocenters. The van der Waals surface area contributed by atoms with Gasteiger partial charge in [-0.15, -0.1) is 0 Å². The van der Waals surface area contributed by atoms with Crippen LogP contribution in [0, 0.1) is 17.8 Å². The summed E-state index contributed by atoms with van der Waals surface area (Å²) in [4.78, 5) is 27.9. The van der Waals surface area contributed by atoms with Crippen molar-refractivity contribution in [3.8, 4) is 0 Å². The average molecular weight is 511 g/mol. The van der Waals surface area contributed by atoms with Gasteiger partial charge in [0.1, 0.15) is 0 Å². The lowest BCUT2D eigenvalue weighted by molar-refractivity contribution is -0.00238. The van der Waals surface area contributed by atoms with Gasteiger partial charge in [-0.1, -0.05) is 62.4 Å². The maximum absolute atomic E-state index is 12.9. The third kappa shape index (κ3) is 7.10. The maximum atomic E-state index is 12.9. The summed E-state index contributed by atoms with van der Waals surface area (Å²) in [6.07, 6.45) is 11.0.